The Morgan fingerprint density at radius 2 is 1.62 bits per heavy atom. The molecule has 218 valence electrons. The first kappa shape index (κ1) is 31.7. The zero-order valence-corrected chi connectivity index (χ0v) is 24.7. The van der Waals surface area contributed by atoms with Crippen molar-refractivity contribution < 1.29 is 19.1 Å². The first-order chi connectivity index (χ1) is 18.0. The van der Waals surface area contributed by atoms with Gasteiger partial charge in [-0.05, 0) is 75.6 Å². The summed E-state index contributed by atoms with van der Waals surface area (Å²) in [5.41, 5.74) is 0.721. The van der Waals surface area contributed by atoms with E-state index in [0.717, 1.165) is 24.9 Å². The SMILES string of the molecule is COC(=O)CCCC1C2CCCN3CCCC(CN1C(=O)CN1CCN(C(=O)c4ccccc4)CC1)C23.Cl.Cl. The highest BCUT2D eigenvalue weighted by Crippen LogP contribution is 2.43. The summed E-state index contributed by atoms with van der Waals surface area (Å²) in [5, 5.41) is 0. The molecule has 4 aliphatic rings. The molecule has 0 radical (unpaired) electrons. The van der Waals surface area contributed by atoms with E-state index >= 15 is 0 Å². The Bertz CT molecular complexity index is 958. The number of ether oxygens (including phenoxy) is 1. The molecular formula is C29H44Cl2N4O4. The fraction of sp³-hybridized carbons (Fsp3) is 0.690. The van der Waals surface area contributed by atoms with E-state index < -0.39 is 0 Å². The van der Waals surface area contributed by atoms with Crippen LogP contribution in [0.2, 0.25) is 0 Å². The van der Waals surface area contributed by atoms with E-state index in [2.05, 4.69) is 14.7 Å². The fourth-order valence-corrected chi connectivity index (χ4v) is 7.36. The van der Waals surface area contributed by atoms with E-state index in [4.69, 9.17) is 4.74 Å². The van der Waals surface area contributed by atoms with Crippen molar-refractivity contribution in [1.29, 1.82) is 0 Å². The zero-order valence-electron chi connectivity index (χ0n) is 23.0. The van der Waals surface area contributed by atoms with Gasteiger partial charge in [0, 0.05) is 56.8 Å². The number of carbonyl (C=O) groups is 3. The molecule has 4 heterocycles. The van der Waals surface area contributed by atoms with Crippen molar-refractivity contribution in [3.63, 3.8) is 0 Å². The number of amides is 2. The van der Waals surface area contributed by atoms with E-state index in [1.807, 2.05) is 35.2 Å². The second-order valence-electron chi connectivity index (χ2n) is 11.3. The van der Waals surface area contributed by atoms with Gasteiger partial charge in [0.2, 0.25) is 5.91 Å². The maximum Gasteiger partial charge on any atom is 0.305 e. The van der Waals surface area contributed by atoms with E-state index in [0.29, 0.717) is 57.0 Å². The van der Waals surface area contributed by atoms with Crippen LogP contribution in [0.3, 0.4) is 0 Å². The number of esters is 1. The number of likely N-dealkylation sites (tertiary alicyclic amines) is 1. The van der Waals surface area contributed by atoms with Crippen molar-refractivity contribution >= 4 is 42.6 Å². The van der Waals surface area contributed by atoms with Gasteiger partial charge in [-0.2, -0.15) is 0 Å². The molecule has 8 nitrogen and oxygen atoms in total. The topological polar surface area (TPSA) is 73.4 Å². The number of piperidine rings is 3. The smallest absolute Gasteiger partial charge is 0.305 e. The van der Waals surface area contributed by atoms with Crippen LogP contribution in [0.4, 0.5) is 0 Å². The molecule has 4 atom stereocenters. The minimum Gasteiger partial charge on any atom is -0.469 e. The summed E-state index contributed by atoms with van der Waals surface area (Å²) in [7, 11) is 1.44. The largest absolute Gasteiger partial charge is 0.469 e. The molecule has 5 rings (SSSR count). The lowest BCUT2D eigenvalue weighted by molar-refractivity contribution is -0.148. The second kappa shape index (κ2) is 14.7. The Morgan fingerprint density at radius 3 is 2.31 bits per heavy atom. The molecule has 1 aromatic rings. The Kier molecular flexibility index (Phi) is 11.9. The van der Waals surface area contributed by atoms with Crippen molar-refractivity contribution in [1.82, 2.24) is 19.6 Å². The van der Waals surface area contributed by atoms with Crippen molar-refractivity contribution in [3.05, 3.63) is 35.9 Å². The van der Waals surface area contributed by atoms with E-state index in [1.54, 1.807) is 0 Å². The summed E-state index contributed by atoms with van der Waals surface area (Å²) in [4.78, 5) is 47.4. The number of methoxy groups -OCH3 is 1. The summed E-state index contributed by atoms with van der Waals surface area (Å²) in [5.74, 6) is 1.16. The maximum absolute atomic E-state index is 13.8. The Balaban J connectivity index is 0.00000210. The predicted molar refractivity (Wildman–Crippen MR) is 155 cm³/mol. The van der Waals surface area contributed by atoms with Crippen molar-refractivity contribution in [3.8, 4) is 0 Å². The molecule has 0 aliphatic carbocycles. The van der Waals surface area contributed by atoms with Crippen LogP contribution in [0, 0.1) is 11.8 Å². The third-order valence-electron chi connectivity index (χ3n) is 9.14. The number of rotatable bonds is 7. The van der Waals surface area contributed by atoms with Crippen LogP contribution < -0.4 is 0 Å². The minimum absolute atomic E-state index is 0. The van der Waals surface area contributed by atoms with Gasteiger partial charge in [-0.3, -0.25) is 24.2 Å². The molecule has 4 aliphatic heterocycles. The molecule has 0 bridgehead atoms. The Morgan fingerprint density at radius 1 is 0.923 bits per heavy atom. The van der Waals surface area contributed by atoms with Crippen LogP contribution in [-0.2, 0) is 14.3 Å². The number of benzene rings is 1. The highest BCUT2D eigenvalue weighted by Gasteiger charge is 2.49. The quantitative estimate of drug-likeness (QED) is 0.459. The van der Waals surface area contributed by atoms with Crippen molar-refractivity contribution in [2.45, 2.75) is 57.0 Å². The first-order valence-electron chi connectivity index (χ1n) is 14.2. The molecule has 4 saturated heterocycles. The van der Waals surface area contributed by atoms with E-state index in [1.165, 1.54) is 45.9 Å². The van der Waals surface area contributed by atoms with Gasteiger partial charge in [0.15, 0.2) is 0 Å². The Hall–Kier alpha value is -1.87. The molecule has 0 saturated carbocycles. The molecular weight excluding hydrogens is 539 g/mol. The molecule has 10 heteroatoms. The lowest BCUT2D eigenvalue weighted by atomic mass is 9.69. The van der Waals surface area contributed by atoms with Crippen molar-refractivity contribution in [2.75, 3.05) is 59.5 Å². The van der Waals surface area contributed by atoms with Crippen molar-refractivity contribution in [2.24, 2.45) is 11.8 Å². The van der Waals surface area contributed by atoms with Gasteiger partial charge in [-0.15, -0.1) is 24.8 Å². The lowest BCUT2D eigenvalue weighted by Gasteiger charge is -2.57. The van der Waals surface area contributed by atoms with Gasteiger partial charge in [-0.1, -0.05) is 18.2 Å². The predicted octanol–water partition coefficient (Wildman–Crippen LogP) is 3.33. The van der Waals surface area contributed by atoms with Gasteiger partial charge in [0.05, 0.1) is 13.7 Å². The van der Waals surface area contributed by atoms with Crippen LogP contribution in [-0.4, -0.2) is 109 Å². The zero-order chi connectivity index (χ0) is 25.8. The Labute approximate surface area is 245 Å². The summed E-state index contributed by atoms with van der Waals surface area (Å²) >= 11 is 0. The average molecular weight is 584 g/mol. The van der Waals surface area contributed by atoms with Crippen LogP contribution >= 0.6 is 24.8 Å². The average Bonchev–Trinajstić information content (AvgIpc) is 2.94. The van der Waals surface area contributed by atoms with Gasteiger partial charge in [0.1, 0.15) is 0 Å². The number of hydrogen-bond acceptors (Lipinski definition) is 6. The third-order valence-corrected chi connectivity index (χ3v) is 9.14. The molecule has 0 spiro atoms. The highest BCUT2D eigenvalue weighted by atomic mass is 35.5. The number of carbonyl (C=O) groups excluding carboxylic acids is 3. The summed E-state index contributed by atoms with van der Waals surface area (Å²) in [6, 6.07) is 10.2. The molecule has 2 amide bonds. The molecule has 4 fully saturated rings. The van der Waals surface area contributed by atoms with E-state index in [9.17, 15) is 14.4 Å². The number of halogens is 2. The van der Waals surface area contributed by atoms with Gasteiger partial charge >= 0.3 is 5.97 Å². The van der Waals surface area contributed by atoms with Crippen LogP contribution in [0.5, 0.6) is 0 Å². The molecule has 0 N–H and O–H groups in total. The molecule has 1 aromatic carbocycles. The summed E-state index contributed by atoms with van der Waals surface area (Å²) < 4.78 is 4.87. The van der Waals surface area contributed by atoms with Crippen LogP contribution in [0.25, 0.3) is 0 Å². The lowest BCUT2D eigenvalue weighted by Crippen LogP contribution is -2.66. The number of hydrogen-bond donors (Lipinski definition) is 0. The molecule has 0 aromatic heterocycles. The number of nitrogens with zero attached hydrogens (tertiary/aromatic N) is 4. The van der Waals surface area contributed by atoms with E-state index in [-0.39, 0.29) is 48.6 Å². The van der Waals surface area contributed by atoms with Gasteiger partial charge < -0.3 is 14.5 Å². The summed E-state index contributed by atoms with van der Waals surface area (Å²) in [6.07, 6.45) is 6.83. The minimum atomic E-state index is -0.169. The van der Waals surface area contributed by atoms with Crippen LogP contribution in [0.15, 0.2) is 30.3 Å². The third kappa shape index (κ3) is 7.26. The first-order valence-corrected chi connectivity index (χ1v) is 14.2. The number of piperazine rings is 1. The van der Waals surface area contributed by atoms with Gasteiger partial charge in [0.25, 0.3) is 5.91 Å². The standard InChI is InChI=1S/C29H42N4O4.2ClH/c1-37-27(35)13-5-12-25-24-11-7-15-31-14-6-10-23(28(24)31)20-33(25)26(34)21-30-16-18-32(19-17-30)29(36)22-8-3-2-4-9-22;;/h2-4,8-9,23-25,28H,5-7,10-21H2,1H3;2*1H. The normalized spacial score (nSPS) is 27.0. The fourth-order valence-electron chi connectivity index (χ4n) is 7.36. The summed E-state index contributed by atoms with van der Waals surface area (Å²) in [6.45, 7) is 6.35. The monoisotopic (exact) mass is 582 g/mol. The second-order valence-corrected chi connectivity index (χ2v) is 11.3. The highest BCUT2D eigenvalue weighted by molar-refractivity contribution is 5.94. The maximum atomic E-state index is 13.8. The van der Waals surface area contributed by atoms with Gasteiger partial charge in [-0.25, -0.2) is 0 Å². The molecule has 39 heavy (non-hydrogen) atoms. The molecule has 4 unspecified atom stereocenters. The van der Waals surface area contributed by atoms with Crippen LogP contribution in [0.1, 0.15) is 55.3 Å².